The van der Waals surface area contributed by atoms with Gasteiger partial charge in [-0.1, -0.05) is 31.0 Å². The summed E-state index contributed by atoms with van der Waals surface area (Å²) in [5, 5.41) is 5.06. The van der Waals surface area contributed by atoms with Gasteiger partial charge in [-0.2, -0.15) is 0 Å². The minimum Gasteiger partial charge on any atom is -0.346 e. The van der Waals surface area contributed by atoms with E-state index in [0.29, 0.717) is 0 Å². The van der Waals surface area contributed by atoms with Crippen molar-refractivity contribution >= 4 is 10.9 Å². The van der Waals surface area contributed by atoms with Crippen molar-refractivity contribution in [3.8, 4) is 0 Å². The molecule has 1 aromatic carbocycles. The smallest absolute Gasteiger partial charge is 0.0510 e. The number of fused-ring (bicyclic) bond motifs is 1. The maximum atomic E-state index is 3.70. The van der Waals surface area contributed by atoms with Gasteiger partial charge in [0.25, 0.3) is 0 Å². The van der Waals surface area contributed by atoms with Crippen LogP contribution in [0.25, 0.3) is 10.9 Å². The molecule has 1 aromatic heterocycles. The van der Waals surface area contributed by atoms with Gasteiger partial charge in [0.05, 0.1) is 5.52 Å². The Morgan fingerprint density at radius 2 is 2.06 bits per heavy atom. The predicted molar refractivity (Wildman–Crippen MR) is 76.8 cm³/mol. The highest BCUT2D eigenvalue weighted by atomic mass is 15.0. The van der Waals surface area contributed by atoms with Crippen LogP contribution in [0.5, 0.6) is 0 Å². The molecule has 2 aromatic rings. The zero-order valence-electron chi connectivity index (χ0n) is 11.4. The first-order valence-corrected chi connectivity index (χ1v) is 7.03. The summed E-state index contributed by atoms with van der Waals surface area (Å²) < 4.78 is 2.34. The molecule has 0 saturated heterocycles. The Morgan fingerprint density at radius 3 is 2.78 bits per heavy atom. The molecule has 0 bridgehead atoms. The largest absolute Gasteiger partial charge is 0.346 e. The number of rotatable bonds is 3. The molecule has 1 saturated carbocycles. The highest BCUT2D eigenvalue weighted by molar-refractivity contribution is 5.84. The van der Waals surface area contributed by atoms with Gasteiger partial charge in [0.2, 0.25) is 0 Å². The zero-order chi connectivity index (χ0) is 12.5. The Kier molecular flexibility index (Phi) is 3.13. The van der Waals surface area contributed by atoms with Crippen LogP contribution in [0.4, 0.5) is 0 Å². The summed E-state index contributed by atoms with van der Waals surface area (Å²) in [6.45, 7) is 3.19. The van der Waals surface area contributed by atoms with Crippen LogP contribution in [0.15, 0.2) is 24.3 Å². The third-order valence-electron chi connectivity index (χ3n) is 4.28. The van der Waals surface area contributed by atoms with Crippen molar-refractivity contribution in [3.63, 3.8) is 0 Å². The number of nitrogens with one attached hydrogen (secondary N) is 1. The second kappa shape index (κ2) is 4.77. The summed E-state index contributed by atoms with van der Waals surface area (Å²) >= 11 is 0. The topological polar surface area (TPSA) is 17.0 Å². The summed E-state index contributed by atoms with van der Waals surface area (Å²) in [6, 6.07) is 9.61. The molecule has 1 aliphatic carbocycles. The molecule has 2 nitrogen and oxygen atoms in total. The quantitative estimate of drug-likeness (QED) is 0.871. The lowest BCUT2D eigenvalue weighted by atomic mass is 10.2. The lowest BCUT2D eigenvalue weighted by Gasteiger charge is -2.12. The molecule has 2 heteroatoms. The van der Waals surface area contributed by atoms with Crippen LogP contribution in [-0.2, 0) is 13.6 Å². The van der Waals surface area contributed by atoms with Gasteiger partial charge in [-0.15, -0.1) is 0 Å². The highest BCUT2D eigenvalue weighted by Crippen LogP contribution is 2.23. The number of hydrogen-bond acceptors (Lipinski definition) is 1. The Hall–Kier alpha value is -1.28. The van der Waals surface area contributed by atoms with Crippen LogP contribution in [0, 0.1) is 6.92 Å². The van der Waals surface area contributed by atoms with Crippen LogP contribution in [0.1, 0.15) is 36.9 Å². The Bertz CT molecular complexity index is 547. The molecule has 0 atom stereocenters. The van der Waals surface area contributed by atoms with E-state index in [1.54, 1.807) is 0 Å². The second-order valence-corrected chi connectivity index (χ2v) is 5.57. The molecule has 18 heavy (non-hydrogen) atoms. The maximum absolute atomic E-state index is 3.70. The maximum Gasteiger partial charge on any atom is 0.0510 e. The first-order chi connectivity index (χ1) is 8.75. The molecule has 0 radical (unpaired) electrons. The summed E-state index contributed by atoms with van der Waals surface area (Å²) in [6.07, 6.45) is 5.49. The number of benzene rings is 1. The van der Waals surface area contributed by atoms with Gasteiger partial charge in [0.1, 0.15) is 0 Å². The molecule has 0 unspecified atom stereocenters. The van der Waals surface area contributed by atoms with Crippen LogP contribution in [0.2, 0.25) is 0 Å². The summed E-state index contributed by atoms with van der Waals surface area (Å²) in [7, 11) is 2.18. The van der Waals surface area contributed by atoms with Crippen molar-refractivity contribution in [1.82, 2.24) is 9.88 Å². The van der Waals surface area contributed by atoms with Crippen LogP contribution in [-0.4, -0.2) is 10.6 Å². The first-order valence-electron chi connectivity index (χ1n) is 7.03. The van der Waals surface area contributed by atoms with E-state index in [4.69, 9.17) is 0 Å². The fraction of sp³-hybridized carbons (Fsp3) is 0.500. The van der Waals surface area contributed by atoms with Gasteiger partial charge in [0.15, 0.2) is 0 Å². The average Bonchev–Trinajstić information content (AvgIpc) is 2.96. The number of nitrogens with zero attached hydrogens (tertiary/aromatic N) is 1. The van der Waals surface area contributed by atoms with Crippen molar-refractivity contribution < 1.29 is 0 Å². The lowest BCUT2D eigenvalue weighted by molar-refractivity contribution is 0.514. The Morgan fingerprint density at radius 1 is 1.28 bits per heavy atom. The first kappa shape index (κ1) is 11.8. The van der Waals surface area contributed by atoms with Crippen LogP contribution in [0.3, 0.4) is 0 Å². The Labute approximate surface area is 109 Å². The molecule has 1 fully saturated rings. The lowest BCUT2D eigenvalue weighted by Crippen LogP contribution is -2.26. The van der Waals surface area contributed by atoms with E-state index in [1.165, 1.54) is 47.8 Å². The van der Waals surface area contributed by atoms with E-state index in [2.05, 4.69) is 48.1 Å². The normalized spacial score (nSPS) is 16.8. The minimum atomic E-state index is 0.740. The van der Waals surface area contributed by atoms with Crippen molar-refractivity contribution in [2.45, 2.75) is 45.2 Å². The standard InChI is InChI=1S/C16H22N2/c1-12-6-5-7-13-10-15(18(2)16(12)13)11-17-14-8-3-4-9-14/h5-7,10,14,17H,3-4,8-9,11H2,1-2H3. The van der Waals surface area contributed by atoms with Crippen LogP contribution >= 0.6 is 0 Å². The number of para-hydroxylation sites is 1. The van der Waals surface area contributed by atoms with Gasteiger partial charge >= 0.3 is 0 Å². The molecule has 0 spiro atoms. The van der Waals surface area contributed by atoms with Gasteiger partial charge in [0, 0.05) is 30.7 Å². The molecule has 3 rings (SSSR count). The minimum absolute atomic E-state index is 0.740. The van der Waals surface area contributed by atoms with Crippen molar-refractivity contribution in [3.05, 3.63) is 35.5 Å². The SMILES string of the molecule is Cc1cccc2cc(CNC3CCCC3)n(C)c12. The zero-order valence-corrected chi connectivity index (χ0v) is 11.4. The number of aryl methyl sites for hydroxylation is 2. The molecule has 1 heterocycles. The molecule has 1 N–H and O–H groups in total. The van der Waals surface area contributed by atoms with Gasteiger partial charge in [-0.3, -0.25) is 0 Å². The highest BCUT2D eigenvalue weighted by Gasteiger charge is 2.15. The average molecular weight is 242 g/mol. The van der Waals surface area contributed by atoms with E-state index in [0.717, 1.165) is 12.6 Å². The molecule has 96 valence electrons. The predicted octanol–water partition coefficient (Wildman–Crippen LogP) is 3.52. The van der Waals surface area contributed by atoms with Gasteiger partial charge in [-0.05, 0) is 31.4 Å². The van der Waals surface area contributed by atoms with E-state index in [1.807, 2.05) is 0 Å². The molecule has 0 amide bonds. The molecule has 1 aliphatic rings. The summed E-state index contributed by atoms with van der Waals surface area (Å²) in [4.78, 5) is 0. The molecule has 0 aliphatic heterocycles. The third kappa shape index (κ3) is 2.05. The summed E-state index contributed by atoms with van der Waals surface area (Å²) in [5.41, 5.74) is 4.13. The monoisotopic (exact) mass is 242 g/mol. The Balaban J connectivity index is 1.83. The molecular weight excluding hydrogens is 220 g/mol. The van der Waals surface area contributed by atoms with Gasteiger partial charge < -0.3 is 9.88 Å². The number of aromatic nitrogens is 1. The fourth-order valence-corrected chi connectivity index (χ4v) is 3.22. The number of hydrogen-bond donors (Lipinski definition) is 1. The fourth-order valence-electron chi connectivity index (χ4n) is 3.22. The van der Waals surface area contributed by atoms with E-state index in [-0.39, 0.29) is 0 Å². The van der Waals surface area contributed by atoms with E-state index >= 15 is 0 Å². The van der Waals surface area contributed by atoms with Crippen molar-refractivity contribution in [1.29, 1.82) is 0 Å². The van der Waals surface area contributed by atoms with Crippen LogP contribution < -0.4 is 5.32 Å². The molecular formula is C16H22N2. The van der Waals surface area contributed by atoms with E-state index in [9.17, 15) is 0 Å². The van der Waals surface area contributed by atoms with Gasteiger partial charge in [-0.25, -0.2) is 0 Å². The summed E-state index contributed by atoms with van der Waals surface area (Å²) in [5.74, 6) is 0. The van der Waals surface area contributed by atoms with Crippen molar-refractivity contribution in [2.75, 3.05) is 0 Å². The third-order valence-corrected chi connectivity index (χ3v) is 4.28. The second-order valence-electron chi connectivity index (χ2n) is 5.57. The van der Waals surface area contributed by atoms with E-state index < -0.39 is 0 Å². The van der Waals surface area contributed by atoms with Crippen molar-refractivity contribution in [2.24, 2.45) is 7.05 Å².